The Hall–Kier alpha value is -7.27. The second-order valence-corrected chi connectivity index (χ2v) is 27.0. The monoisotopic (exact) mass is 1420 g/mol. The minimum absolute atomic E-state index is 0.0111. The predicted molar refractivity (Wildman–Crippen MR) is 344 cm³/mol. The molecule has 508 valence electrons. The number of para-hydroxylation sites is 3. The first-order valence-electron chi connectivity index (χ1n) is 27.9. The fourth-order valence-corrected chi connectivity index (χ4v) is 10.8. The van der Waals surface area contributed by atoms with E-state index in [4.69, 9.17) is 81.1 Å². The van der Waals surface area contributed by atoms with Crippen molar-refractivity contribution in [1.29, 1.82) is 0 Å². The third-order valence-electron chi connectivity index (χ3n) is 13.3. The summed E-state index contributed by atoms with van der Waals surface area (Å²) >= 11 is 22.8. The van der Waals surface area contributed by atoms with E-state index in [0.717, 1.165) is 71.6 Å². The number of ether oxygens (including phenoxy) is 4. The Morgan fingerprint density at radius 3 is 2.06 bits per heavy atom. The summed E-state index contributed by atoms with van der Waals surface area (Å²) < 4.78 is 92.7. The lowest BCUT2D eigenvalue weighted by Gasteiger charge is -2.35. The summed E-state index contributed by atoms with van der Waals surface area (Å²) in [4.78, 5) is 102. The molecule has 1 fully saturated rings. The van der Waals surface area contributed by atoms with Gasteiger partial charge in [0.2, 0.25) is 11.7 Å². The molecule has 0 radical (unpaired) electrons. The molecule has 7 rings (SSSR count). The number of aryl methyl sites for hydroxylation is 2. The van der Waals surface area contributed by atoms with Crippen LogP contribution in [0.3, 0.4) is 0 Å². The molecule has 1 heterocycles. The molecule has 0 spiro atoms. The van der Waals surface area contributed by atoms with Crippen molar-refractivity contribution in [2.75, 3.05) is 61.7 Å². The number of carboxylic acid groups (broad SMARTS) is 1. The molecule has 0 bridgehead atoms. The Bertz CT molecular complexity index is 3660. The number of ketones is 3. The number of benzene rings is 5. The Kier molecular flexibility index (Phi) is 31.3. The number of hydrogen-bond acceptors (Lipinski definition) is 18. The molecular weight excluding hydrogens is 1360 g/mol. The Morgan fingerprint density at radius 1 is 0.925 bits per heavy atom. The van der Waals surface area contributed by atoms with Gasteiger partial charge < -0.3 is 44.5 Å². The van der Waals surface area contributed by atoms with Crippen LogP contribution < -0.4 is 29.7 Å². The van der Waals surface area contributed by atoms with Crippen LogP contribution in [-0.2, 0) is 55.7 Å². The van der Waals surface area contributed by atoms with Gasteiger partial charge in [0.15, 0.2) is 39.4 Å². The van der Waals surface area contributed by atoms with Crippen molar-refractivity contribution >= 4 is 121 Å². The van der Waals surface area contributed by atoms with Crippen LogP contribution >= 0.6 is 53.8 Å². The van der Waals surface area contributed by atoms with Crippen molar-refractivity contribution < 1.29 is 93.7 Å². The molecule has 33 heteroatoms. The Labute approximate surface area is 554 Å². The Morgan fingerprint density at radius 2 is 1.55 bits per heavy atom. The fourth-order valence-electron chi connectivity index (χ4n) is 8.89. The number of amides is 2. The molecular formula is C60H69Cl4F3N5O19PS. The molecule has 5 aromatic rings. The van der Waals surface area contributed by atoms with Crippen LogP contribution in [0.25, 0.3) is 0 Å². The largest absolute Gasteiger partial charge is 0.489 e. The quantitative estimate of drug-likeness (QED) is 0.0163. The minimum atomic E-state index is -4.52. The van der Waals surface area contributed by atoms with Crippen LogP contribution in [0.15, 0.2) is 102 Å². The maximum atomic E-state index is 12.6. The molecule has 4 N–H and O–H groups in total. The number of methoxy groups -OCH3 is 1. The number of halogens is 7. The number of carbonyl (C=O) groups is 6. The minimum Gasteiger partial charge on any atom is -0.489 e. The van der Waals surface area contributed by atoms with Gasteiger partial charge in [-0.15, -0.1) is 11.6 Å². The summed E-state index contributed by atoms with van der Waals surface area (Å²) in [5, 5.41) is 30.1. The van der Waals surface area contributed by atoms with E-state index in [9.17, 15) is 75.1 Å². The number of sulfone groups is 1. The number of aliphatic carboxylic acids is 1. The summed E-state index contributed by atoms with van der Waals surface area (Å²) in [5.41, 5.74) is 6.70. The standard InChI is InChI=1S/C15H11ClF3NO4.C15H22ClNO2.C14H13NO7S.C11H11Cl2NO2.C5H12NO4P/c1-2-23-14-8-10(4-5-12(14)20(21)22)24-13-6-3-9(7-11(13)16)15(17,18)19;1-5-13-8-6-7-11(2)15(13)17(14(18)9-16)12(3)10-19-4;1-23(21,22)8-5-6-9(10(7-8)15(19)20)14(18)13-11(16)3-2-4-12(13)17;1-7-6-16-9-5-3-2-4-8(9)14(7)11(15)10(12)13;1-11(9,10)3-2-4(6)5(7)8/h3-8H,2H2,1H3;6-8,12H,5,9-10H2,1-4H3;5-7,13H,2-4H2,1H3;2-5,7,10H,6H2,1H3;4H,2-3,6H2,1H3,(H,7,8)(H,9,10). The summed E-state index contributed by atoms with van der Waals surface area (Å²) in [6.45, 7) is 11.9. The first kappa shape index (κ1) is 80.0. The summed E-state index contributed by atoms with van der Waals surface area (Å²) in [6, 6.07) is 21.5. The van der Waals surface area contributed by atoms with Crippen molar-refractivity contribution in [3.05, 3.63) is 145 Å². The molecule has 4 atom stereocenters. The molecule has 24 nitrogen and oxygen atoms in total. The lowest BCUT2D eigenvalue weighted by atomic mass is 9.81. The van der Waals surface area contributed by atoms with E-state index < -0.39 is 90.2 Å². The zero-order chi connectivity index (χ0) is 70.5. The molecule has 4 unspecified atom stereocenters. The molecule has 1 aliphatic heterocycles. The van der Waals surface area contributed by atoms with E-state index in [1.165, 1.54) is 24.9 Å². The van der Waals surface area contributed by atoms with Crippen LogP contribution in [0.5, 0.6) is 23.0 Å². The van der Waals surface area contributed by atoms with Crippen LogP contribution in [0.4, 0.5) is 35.9 Å². The highest BCUT2D eigenvalue weighted by atomic mass is 35.5. The highest BCUT2D eigenvalue weighted by Crippen LogP contribution is 2.40. The van der Waals surface area contributed by atoms with Gasteiger partial charge in [0, 0.05) is 57.2 Å². The fraction of sp³-hybridized carbons (Fsp3) is 0.400. The van der Waals surface area contributed by atoms with Crippen LogP contribution in [-0.4, -0.2) is 138 Å². The van der Waals surface area contributed by atoms with Gasteiger partial charge in [-0.05, 0) is 107 Å². The number of nitro groups is 2. The first-order chi connectivity index (χ1) is 43.3. The number of carbonyl (C=O) groups excluding carboxylic acids is 5. The summed E-state index contributed by atoms with van der Waals surface area (Å²) in [5.74, 6) is -4.37. The van der Waals surface area contributed by atoms with E-state index >= 15 is 0 Å². The van der Waals surface area contributed by atoms with E-state index in [0.29, 0.717) is 25.4 Å². The molecule has 0 aromatic heterocycles. The van der Waals surface area contributed by atoms with Gasteiger partial charge in [0.1, 0.15) is 41.7 Å². The second kappa shape index (κ2) is 36.4. The Balaban J connectivity index is 0.000000310. The highest BCUT2D eigenvalue weighted by molar-refractivity contribution is 7.90. The summed E-state index contributed by atoms with van der Waals surface area (Å²) in [6.07, 6.45) is -2.27. The van der Waals surface area contributed by atoms with Crippen molar-refractivity contribution in [3.8, 4) is 23.0 Å². The number of carboxylic acids is 1. The first-order valence-corrected chi connectivity index (χ1v) is 33.9. The smallest absolute Gasteiger partial charge is 0.416 e. The predicted octanol–water partition coefficient (Wildman–Crippen LogP) is 12.0. The third kappa shape index (κ3) is 23.9. The average Bonchev–Trinajstić information content (AvgIpc) is 1.08. The van der Waals surface area contributed by atoms with Gasteiger partial charge >= 0.3 is 17.8 Å². The van der Waals surface area contributed by atoms with Crippen LogP contribution in [0, 0.1) is 33.1 Å². The number of nitrogens with zero attached hydrogens (tertiary/aromatic N) is 4. The molecule has 5 aromatic carbocycles. The van der Waals surface area contributed by atoms with Crippen molar-refractivity contribution in [2.24, 2.45) is 11.7 Å². The number of nitrogens with two attached hydrogens (primary N) is 1. The number of anilines is 2. The van der Waals surface area contributed by atoms with E-state index in [-0.39, 0.29) is 94.7 Å². The number of rotatable bonds is 20. The van der Waals surface area contributed by atoms with Gasteiger partial charge in [0.25, 0.3) is 11.6 Å². The topological polar surface area (TPSA) is 350 Å². The van der Waals surface area contributed by atoms with Gasteiger partial charge in [-0.2, -0.15) is 13.2 Å². The second-order valence-electron chi connectivity index (χ2n) is 20.6. The summed E-state index contributed by atoms with van der Waals surface area (Å²) in [7, 11) is -5.16. The number of hydrogen-bond donors (Lipinski definition) is 3. The van der Waals surface area contributed by atoms with E-state index in [1.807, 2.05) is 57.2 Å². The average molecular weight is 1430 g/mol. The lowest BCUT2D eigenvalue weighted by molar-refractivity contribution is -0.385. The molecule has 1 saturated carbocycles. The van der Waals surface area contributed by atoms with Crippen LogP contribution in [0.2, 0.25) is 5.02 Å². The molecule has 1 aliphatic carbocycles. The number of nitro benzene ring substituents is 2. The van der Waals surface area contributed by atoms with Crippen molar-refractivity contribution in [3.63, 3.8) is 0 Å². The highest BCUT2D eigenvalue weighted by Gasteiger charge is 2.40. The zero-order valence-corrected chi connectivity index (χ0v) is 56.1. The molecule has 2 aliphatic rings. The number of fused-ring (bicyclic) bond motifs is 1. The van der Waals surface area contributed by atoms with Crippen molar-refractivity contribution in [1.82, 2.24) is 0 Å². The van der Waals surface area contributed by atoms with Gasteiger partial charge in [-0.25, -0.2) is 8.42 Å². The number of Topliss-reactive ketones (excluding diaryl/α,β-unsaturated/α-hetero) is 3. The van der Waals surface area contributed by atoms with Gasteiger partial charge in [-0.1, -0.05) is 72.1 Å². The lowest BCUT2D eigenvalue weighted by Crippen LogP contribution is -2.47. The van der Waals surface area contributed by atoms with E-state index in [2.05, 4.69) is 13.0 Å². The maximum absolute atomic E-state index is 12.6. The zero-order valence-electron chi connectivity index (χ0n) is 51.4. The SMILES string of the molecule is CC1COc2ccccc2N1C(=O)C(Cl)Cl.CCOc1cc(Oc2ccc(C(F)(F)F)cc2Cl)ccc1[N+](=O)[O-].CCc1cccc(C)c1N(C(=O)CCl)C(C)COC.CP(=O)(O)CCC(N)C(=O)O.CS(=O)(=O)c1ccc(C(=O)C2C(=O)CCCC2=O)c([N+](=O)[O-])c1. The van der Waals surface area contributed by atoms with Gasteiger partial charge in [0.05, 0.1) is 67.6 Å². The molecule has 2 amide bonds. The van der Waals surface area contributed by atoms with Gasteiger partial charge in [-0.3, -0.25) is 53.6 Å². The number of alkyl halides is 6. The third-order valence-corrected chi connectivity index (χ3v) is 16.4. The van der Waals surface area contributed by atoms with E-state index in [1.54, 1.807) is 23.8 Å². The van der Waals surface area contributed by atoms with Crippen molar-refractivity contribution in [2.45, 2.75) is 101 Å². The maximum Gasteiger partial charge on any atom is 0.416 e. The molecule has 93 heavy (non-hydrogen) atoms. The molecule has 0 saturated heterocycles. The normalized spacial score (nSPS) is 15.0. The van der Waals surface area contributed by atoms with Crippen LogP contribution in [0.1, 0.15) is 80.4 Å².